The Hall–Kier alpha value is -2.34. The van der Waals surface area contributed by atoms with Crippen molar-refractivity contribution in [3.8, 4) is 11.3 Å². The molecule has 0 radical (unpaired) electrons. The number of piperidine rings is 1. The summed E-state index contributed by atoms with van der Waals surface area (Å²) in [7, 11) is 0. The van der Waals surface area contributed by atoms with Crippen molar-refractivity contribution >= 4 is 5.91 Å². The minimum atomic E-state index is -0.273. The van der Waals surface area contributed by atoms with Crippen LogP contribution in [0, 0.1) is 5.82 Å². The number of likely N-dealkylation sites (tertiary alicyclic amines) is 2. The fraction of sp³-hybridized carbons (Fsp3) is 0.476. The third-order valence-corrected chi connectivity index (χ3v) is 5.53. The molecule has 27 heavy (non-hydrogen) atoms. The van der Waals surface area contributed by atoms with Crippen LogP contribution in [0.25, 0.3) is 11.3 Å². The number of hydrogen-bond acceptors (Lipinski definition) is 4. The highest BCUT2D eigenvalue weighted by Gasteiger charge is 2.28. The van der Waals surface area contributed by atoms with Gasteiger partial charge in [0, 0.05) is 43.5 Å². The Morgan fingerprint density at radius 2 is 1.93 bits per heavy atom. The first-order valence-electron chi connectivity index (χ1n) is 9.77. The lowest BCUT2D eigenvalue weighted by Gasteiger charge is -2.33. The summed E-state index contributed by atoms with van der Waals surface area (Å²) >= 11 is 0. The molecule has 2 saturated heterocycles. The van der Waals surface area contributed by atoms with Gasteiger partial charge in [-0.15, -0.1) is 0 Å². The second kappa shape index (κ2) is 8.13. The maximum Gasteiger partial charge on any atom is 0.236 e. The number of rotatable bonds is 4. The summed E-state index contributed by atoms with van der Waals surface area (Å²) in [6.07, 6.45) is 7.62. The van der Waals surface area contributed by atoms with Gasteiger partial charge in [0.05, 0.1) is 17.9 Å². The van der Waals surface area contributed by atoms with E-state index in [0.29, 0.717) is 6.54 Å². The zero-order valence-electron chi connectivity index (χ0n) is 15.5. The van der Waals surface area contributed by atoms with Crippen molar-refractivity contribution in [2.45, 2.75) is 31.6 Å². The van der Waals surface area contributed by atoms with Crippen molar-refractivity contribution in [2.24, 2.45) is 0 Å². The van der Waals surface area contributed by atoms with Crippen LogP contribution in [0.1, 0.15) is 37.3 Å². The van der Waals surface area contributed by atoms with Gasteiger partial charge in [-0.1, -0.05) is 12.1 Å². The third kappa shape index (κ3) is 4.16. The lowest BCUT2D eigenvalue weighted by atomic mass is 9.91. The molecular weight excluding hydrogens is 343 g/mol. The minimum Gasteiger partial charge on any atom is -0.342 e. The van der Waals surface area contributed by atoms with Crippen LogP contribution in [-0.2, 0) is 4.79 Å². The molecule has 2 aliphatic heterocycles. The molecule has 2 aliphatic rings. The van der Waals surface area contributed by atoms with Crippen LogP contribution in [0.5, 0.6) is 0 Å². The van der Waals surface area contributed by atoms with Crippen LogP contribution in [0.3, 0.4) is 0 Å². The van der Waals surface area contributed by atoms with Gasteiger partial charge < -0.3 is 4.90 Å². The van der Waals surface area contributed by atoms with Crippen LogP contribution >= 0.6 is 0 Å². The number of carbonyl (C=O) groups excluding carboxylic acids is 1. The van der Waals surface area contributed by atoms with E-state index < -0.39 is 0 Å². The molecule has 1 unspecified atom stereocenters. The summed E-state index contributed by atoms with van der Waals surface area (Å²) in [5.41, 5.74) is 2.40. The predicted octanol–water partition coefficient (Wildman–Crippen LogP) is 3.08. The molecule has 1 amide bonds. The molecule has 4 rings (SSSR count). The minimum absolute atomic E-state index is 0.206. The smallest absolute Gasteiger partial charge is 0.236 e. The van der Waals surface area contributed by atoms with E-state index >= 15 is 0 Å². The lowest BCUT2D eigenvalue weighted by Crippen LogP contribution is -2.43. The Morgan fingerprint density at radius 3 is 2.74 bits per heavy atom. The number of amides is 1. The molecule has 2 aromatic rings. The van der Waals surface area contributed by atoms with E-state index in [1.54, 1.807) is 18.5 Å². The Balaban J connectivity index is 1.51. The average Bonchev–Trinajstić information content (AvgIpc) is 3.23. The van der Waals surface area contributed by atoms with Crippen molar-refractivity contribution in [3.63, 3.8) is 0 Å². The number of hydrogen-bond donors (Lipinski definition) is 0. The summed E-state index contributed by atoms with van der Waals surface area (Å²) < 4.78 is 13.7. The number of carbonyl (C=O) groups is 1. The maximum atomic E-state index is 13.7. The van der Waals surface area contributed by atoms with E-state index in [9.17, 15) is 9.18 Å². The van der Waals surface area contributed by atoms with Crippen molar-refractivity contribution in [1.82, 2.24) is 19.8 Å². The Labute approximate surface area is 159 Å². The molecule has 1 aromatic heterocycles. The zero-order valence-corrected chi connectivity index (χ0v) is 15.5. The molecule has 0 N–H and O–H groups in total. The predicted molar refractivity (Wildman–Crippen MR) is 102 cm³/mol. The molecule has 6 heteroatoms. The van der Waals surface area contributed by atoms with Crippen LogP contribution in [-0.4, -0.2) is 58.4 Å². The molecular formula is C21H25FN4O. The molecule has 0 spiro atoms. The van der Waals surface area contributed by atoms with Crippen LogP contribution in [0.2, 0.25) is 0 Å². The van der Waals surface area contributed by atoms with Gasteiger partial charge in [0.1, 0.15) is 5.82 Å². The molecule has 0 bridgehead atoms. The van der Waals surface area contributed by atoms with E-state index in [1.807, 2.05) is 11.0 Å². The highest BCUT2D eigenvalue weighted by Crippen LogP contribution is 2.32. The monoisotopic (exact) mass is 368 g/mol. The van der Waals surface area contributed by atoms with Crippen molar-refractivity contribution < 1.29 is 9.18 Å². The van der Waals surface area contributed by atoms with E-state index in [-0.39, 0.29) is 17.6 Å². The van der Waals surface area contributed by atoms with Crippen molar-refractivity contribution in [1.29, 1.82) is 0 Å². The summed E-state index contributed by atoms with van der Waals surface area (Å²) in [6.45, 7) is 3.99. The fourth-order valence-electron chi connectivity index (χ4n) is 4.19. The zero-order chi connectivity index (χ0) is 18.6. The normalized spacial score (nSPS) is 20.8. The van der Waals surface area contributed by atoms with Crippen LogP contribution in [0.15, 0.2) is 36.7 Å². The molecule has 3 heterocycles. The van der Waals surface area contributed by atoms with E-state index in [0.717, 1.165) is 68.8 Å². The highest BCUT2D eigenvalue weighted by atomic mass is 19.1. The molecule has 142 valence electrons. The fourth-order valence-corrected chi connectivity index (χ4v) is 4.19. The van der Waals surface area contributed by atoms with Gasteiger partial charge in [0.2, 0.25) is 5.91 Å². The molecule has 0 saturated carbocycles. The van der Waals surface area contributed by atoms with Gasteiger partial charge in [0.25, 0.3) is 0 Å². The average molecular weight is 368 g/mol. The first-order valence-corrected chi connectivity index (χ1v) is 9.77. The summed E-state index contributed by atoms with van der Waals surface area (Å²) in [4.78, 5) is 25.8. The summed E-state index contributed by atoms with van der Waals surface area (Å²) in [5.74, 6) is 0.167. The van der Waals surface area contributed by atoms with Gasteiger partial charge in [-0.05, 0) is 44.4 Å². The van der Waals surface area contributed by atoms with Gasteiger partial charge in [0.15, 0.2) is 0 Å². The van der Waals surface area contributed by atoms with Gasteiger partial charge in [-0.25, -0.2) is 4.39 Å². The Bertz CT molecular complexity index is 806. The molecule has 2 fully saturated rings. The van der Waals surface area contributed by atoms with Crippen molar-refractivity contribution in [3.05, 3.63) is 48.2 Å². The summed E-state index contributed by atoms with van der Waals surface area (Å²) in [6, 6.07) is 6.51. The number of benzene rings is 1. The van der Waals surface area contributed by atoms with E-state index in [2.05, 4.69) is 14.9 Å². The topological polar surface area (TPSA) is 49.3 Å². The Kier molecular flexibility index (Phi) is 5.43. The van der Waals surface area contributed by atoms with Crippen LogP contribution < -0.4 is 0 Å². The second-order valence-electron chi connectivity index (χ2n) is 7.46. The van der Waals surface area contributed by atoms with Gasteiger partial charge in [-0.3, -0.25) is 19.7 Å². The highest BCUT2D eigenvalue weighted by molar-refractivity contribution is 5.78. The largest absolute Gasteiger partial charge is 0.342 e. The van der Waals surface area contributed by atoms with Crippen LogP contribution in [0.4, 0.5) is 4.39 Å². The quantitative estimate of drug-likeness (QED) is 0.832. The van der Waals surface area contributed by atoms with Gasteiger partial charge >= 0.3 is 0 Å². The second-order valence-corrected chi connectivity index (χ2v) is 7.46. The first-order chi connectivity index (χ1) is 13.2. The molecule has 5 nitrogen and oxygen atoms in total. The first kappa shape index (κ1) is 18.0. The van der Waals surface area contributed by atoms with Gasteiger partial charge in [-0.2, -0.15) is 0 Å². The number of aromatic nitrogens is 2. The standard InChI is InChI=1S/C21H25FN4O/c22-18-7-3-5-16(13-18)20-21(24-9-8-23-20)17-6-4-10-25(14-17)15-19(27)26-11-1-2-12-26/h3,5,7-9,13,17H,1-2,4,6,10-12,14-15H2. The third-order valence-electron chi connectivity index (χ3n) is 5.53. The lowest BCUT2D eigenvalue weighted by molar-refractivity contribution is -0.131. The van der Waals surface area contributed by atoms with E-state index in [4.69, 9.17) is 0 Å². The number of halogens is 1. The van der Waals surface area contributed by atoms with E-state index in [1.165, 1.54) is 12.1 Å². The van der Waals surface area contributed by atoms with Crippen molar-refractivity contribution in [2.75, 3.05) is 32.7 Å². The summed E-state index contributed by atoms with van der Waals surface area (Å²) in [5, 5.41) is 0. The maximum absolute atomic E-state index is 13.7. The molecule has 0 aliphatic carbocycles. The molecule has 1 atom stereocenters. The SMILES string of the molecule is O=C(CN1CCCC(c2nccnc2-c2cccc(F)c2)C1)N1CCCC1. The molecule has 1 aromatic carbocycles. The Morgan fingerprint density at radius 1 is 1.11 bits per heavy atom. The number of nitrogens with zero attached hydrogens (tertiary/aromatic N) is 4.